The van der Waals surface area contributed by atoms with Gasteiger partial charge in [-0.05, 0) is 48.4 Å². The van der Waals surface area contributed by atoms with Crippen LogP contribution in [0.5, 0.6) is 0 Å². The van der Waals surface area contributed by atoms with E-state index in [4.69, 9.17) is 0 Å². The van der Waals surface area contributed by atoms with Gasteiger partial charge >= 0.3 is 12.2 Å². The maximum absolute atomic E-state index is 13.1. The summed E-state index contributed by atoms with van der Waals surface area (Å²) in [6.45, 7) is 2.35. The molecule has 0 unspecified atom stereocenters. The average Bonchev–Trinajstić information content (AvgIpc) is 3.12. The molecule has 2 aromatic carbocycles. The van der Waals surface area contributed by atoms with Crippen LogP contribution in [-0.2, 0) is 12.7 Å². The molecule has 0 spiro atoms. The fraction of sp³-hybridized carbons (Fsp3) is 0.227. The number of benzene rings is 2. The van der Waals surface area contributed by atoms with Gasteiger partial charge in [-0.15, -0.1) is 0 Å². The molecule has 1 aliphatic rings. The highest BCUT2D eigenvalue weighted by Crippen LogP contribution is 2.35. The van der Waals surface area contributed by atoms with Crippen molar-refractivity contribution in [3.05, 3.63) is 83.7 Å². The number of aromatic nitrogens is 1. The SMILES string of the molecule is CC[C@H]1c2cccn2-c2ccccc2CN1C(=O)Nc1cccc(C(F)(F)F)c1. The predicted octanol–water partition coefficient (Wildman–Crippen LogP) is 5.99. The van der Waals surface area contributed by atoms with Crippen LogP contribution in [0.1, 0.15) is 36.2 Å². The Kier molecular flexibility index (Phi) is 4.82. The van der Waals surface area contributed by atoms with Crippen LogP contribution in [-0.4, -0.2) is 15.5 Å². The molecule has 1 aromatic heterocycles. The molecular formula is C22H20F3N3O. The van der Waals surface area contributed by atoms with Crippen LogP contribution in [0.4, 0.5) is 23.7 Å². The van der Waals surface area contributed by atoms with Crippen LogP contribution < -0.4 is 5.32 Å². The van der Waals surface area contributed by atoms with Crippen molar-refractivity contribution in [1.82, 2.24) is 9.47 Å². The third-order valence-corrected chi connectivity index (χ3v) is 5.18. The molecule has 2 heterocycles. The van der Waals surface area contributed by atoms with Crippen molar-refractivity contribution in [2.24, 2.45) is 0 Å². The highest BCUT2D eigenvalue weighted by Gasteiger charge is 2.32. The van der Waals surface area contributed by atoms with Gasteiger partial charge < -0.3 is 14.8 Å². The van der Waals surface area contributed by atoms with Crippen molar-refractivity contribution in [3.8, 4) is 5.69 Å². The lowest BCUT2D eigenvalue weighted by Crippen LogP contribution is -2.37. The van der Waals surface area contributed by atoms with E-state index in [0.29, 0.717) is 13.0 Å². The Morgan fingerprint density at radius 1 is 1.10 bits per heavy atom. The van der Waals surface area contributed by atoms with E-state index in [1.165, 1.54) is 12.1 Å². The van der Waals surface area contributed by atoms with Gasteiger partial charge in [-0.3, -0.25) is 0 Å². The van der Waals surface area contributed by atoms with E-state index in [1.807, 2.05) is 49.5 Å². The number of hydrogen-bond acceptors (Lipinski definition) is 1. The predicted molar refractivity (Wildman–Crippen MR) is 105 cm³/mol. The molecule has 0 saturated carbocycles. The number of nitrogens with zero attached hydrogens (tertiary/aromatic N) is 2. The Balaban J connectivity index is 1.68. The van der Waals surface area contributed by atoms with Gasteiger partial charge in [0.05, 0.1) is 23.8 Å². The van der Waals surface area contributed by atoms with Crippen molar-refractivity contribution in [3.63, 3.8) is 0 Å². The van der Waals surface area contributed by atoms with E-state index in [-0.39, 0.29) is 11.7 Å². The van der Waals surface area contributed by atoms with Gasteiger partial charge in [-0.2, -0.15) is 13.2 Å². The summed E-state index contributed by atoms with van der Waals surface area (Å²) in [5.74, 6) is 0. The van der Waals surface area contributed by atoms with Crippen LogP contribution in [0.2, 0.25) is 0 Å². The van der Waals surface area contributed by atoms with E-state index >= 15 is 0 Å². The first-order chi connectivity index (χ1) is 13.9. The summed E-state index contributed by atoms with van der Waals surface area (Å²) in [6.07, 6.45) is -1.83. The minimum Gasteiger partial charge on any atom is -0.318 e. The van der Waals surface area contributed by atoms with Crippen LogP contribution in [0.3, 0.4) is 0 Å². The second-order valence-corrected chi connectivity index (χ2v) is 6.99. The van der Waals surface area contributed by atoms with Crippen LogP contribution >= 0.6 is 0 Å². The number of anilines is 1. The Bertz CT molecular complexity index is 1040. The summed E-state index contributed by atoms with van der Waals surface area (Å²) in [5, 5.41) is 2.65. The molecule has 150 valence electrons. The Morgan fingerprint density at radius 2 is 1.90 bits per heavy atom. The second kappa shape index (κ2) is 7.31. The van der Waals surface area contributed by atoms with E-state index in [9.17, 15) is 18.0 Å². The zero-order valence-corrected chi connectivity index (χ0v) is 15.8. The Labute approximate surface area is 166 Å². The topological polar surface area (TPSA) is 37.3 Å². The van der Waals surface area contributed by atoms with Gasteiger partial charge in [0.25, 0.3) is 0 Å². The number of hydrogen-bond donors (Lipinski definition) is 1. The summed E-state index contributed by atoms with van der Waals surface area (Å²) in [7, 11) is 0. The van der Waals surface area contributed by atoms with Crippen LogP contribution in [0.15, 0.2) is 66.9 Å². The van der Waals surface area contributed by atoms with Gasteiger partial charge in [0.15, 0.2) is 0 Å². The van der Waals surface area contributed by atoms with Gasteiger partial charge in [-0.1, -0.05) is 31.2 Å². The molecule has 0 saturated heterocycles. The first-order valence-electron chi connectivity index (χ1n) is 9.39. The normalized spacial score (nSPS) is 16.0. The highest BCUT2D eigenvalue weighted by molar-refractivity contribution is 5.90. The Hall–Kier alpha value is -3.22. The number of urea groups is 1. The van der Waals surface area contributed by atoms with Gasteiger partial charge in [-0.25, -0.2) is 4.79 Å². The monoisotopic (exact) mass is 399 g/mol. The molecular weight excluding hydrogens is 379 g/mol. The quantitative estimate of drug-likeness (QED) is 0.564. The molecule has 1 N–H and O–H groups in total. The molecule has 0 aliphatic carbocycles. The minimum absolute atomic E-state index is 0.118. The molecule has 2 amide bonds. The summed E-state index contributed by atoms with van der Waals surface area (Å²) in [4.78, 5) is 14.8. The molecule has 1 atom stereocenters. The summed E-state index contributed by atoms with van der Waals surface area (Å²) in [5.41, 5.74) is 2.27. The first kappa shape index (κ1) is 19.1. The van der Waals surface area contributed by atoms with Gasteiger partial charge in [0.2, 0.25) is 0 Å². The van der Waals surface area contributed by atoms with Crippen molar-refractivity contribution in [1.29, 1.82) is 0 Å². The molecule has 4 nitrogen and oxygen atoms in total. The zero-order valence-electron chi connectivity index (χ0n) is 15.8. The van der Waals surface area contributed by atoms with Crippen LogP contribution in [0.25, 0.3) is 5.69 Å². The fourth-order valence-corrected chi connectivity index (χ4v) is 3.83. The number of nitrogens with one attached hydrogen (secondary N) is 1. The summed E-state index contributed by atoms with van der Waals surface area (Å²) >= 11 is 0. The van der Waals surface area contributed by atoms with Crippen molar-refractivity contribution in [2.75, 3.05) is 5.32 Å². The van der Waals surface area contributed by atoms with E-state index < -0.39 is 17.8 Å². The highest BCUT2D eigenvalue weighted by atomic mass is 19.4. The number of fused-ring (bicyclic) bond motifs is 3. The fourth-order valence-electron chi connectivity index (χ4n) is 3.83. The smallest absolute Gasteiger partial charge is 0.318 e. The standard InChI is InChI=1S/C22H20F3N3O/c1-2-18-20-11-6-12-27(20)19-10-4-3-7-15(19)14-28(18)21(29)26-17-9-5-8-16(13-17)22(23,24)25/h3-13,18H,2,14H2,1H3,(H,26,29)/t18-/m0/s1. The largest absolute Gasteiger partial charge is 0.416 e. The first-order valence-corrected chi connectivity index (χ1v) is 9.39. The van der Waals surface area contributed by atoms with Crippen molar-refractivity contribution in [2.45, 2.75) is 32.1 Å². The average molecular weight is 399 g/mol. The number of rotatable bonds is 2. The maximum Gasteiger partial charge on any atom is 0.416 e. The summed E-state index contributed by atoms with van der Waals surface area (Å²) in [6, 6.07) is 15.8. The number of halogens is 3. The van der Waals surface area contributed by atoms with Gasteiger partial charge in [0.1, 0.15) is 0 Å². The molecule has 3 aromatic rings. The van der Waals surface area contributed by atoms with Crippen molar-refractivity contribution >= 4 is 11.7 Å². The molecule has 1 aliphatic heterocycles. The molecule has 7 heteroatoms. The number of alkyl halides is 3. The van der Waals surface area contributed by atoms with E-state index in [2.05, 4.69) is 9.88 Å². The molecule has 4 rings (SSSR count). The minimum atomic E-state index is -4.46. The third-order valence-electron chi connectivity index (χ3n) is 5.18. The number of carbonyl (C=O) groups excluding carboxylic acids is 1. The Morgan fingerprint density at radius 3 is 2.66 bits per heavy atom. The maximum atomic E-state index is 13.1. The number of para-hydroxylation sites is 1. The molecule has 0 bridgehead atoms. The van der Waals surface area contributed by atoms with Crippen molar-refractivity contribution < 1.29 is 18.0 Å². The lowest BCUT2D eigenvalue weighted by molar-refractivity contribution is -0.137. The second-order valence-electron chi connectivity index (χ2n) is 6.99. The lowest BCUT2D eigenvalue weighted by atomic mass is 10.1. The van der Waals surface area contributed by atoms with E-state index in [1.54, 1.807) is 4.90 Å². The molecule has 0 radical (unpaired) electrons. The molecule has 29 heavy (non-hydrogen) atoms. The molecule has 0 fully saturated rings. The number of carbonyl (C=O) groups is 1. The number of amides is 2. The van der Waals surface area contributed by atoms with Crippen LogP contribution in [0, 0.1) is 0 Å². The summed E-state index contributed by atoms with van der Waals surface area (Å²) < 4.78 is 41.1. The third kappa shape index (κ3) is 3.60. The van der Waals surface area contributed by atoms with Gasteiger partial charge in [0, 0.05) is 17.6 Å². The van der Waals surface area contributed by atoms with E-state index in [0.717, 1.165) is 29.1 Å². The lowest BCUT2D eigenvalue weighted by Gasteiger charge is -2.29. The zero-order chi connectivity index (χ0) is 20.6.